The Labute approximate surface area is 136 Å². The zero-order valence-corrected chi connectivity index (χ0v) is 14.5. The predicted octanol–water partition coefficient (Wildman–Crippen LogP) is 4.98. The summed E-state index contributed by atoms with van der Waals surface area (Å²) in [6.45, 7) is 1.92. The van der Waals surface area contributed by atoms with E-state index in [9.17, 15) is 9.18 Å². The van der Waals surface area contributed by atoms with Crippen molar-refractivity contribution < 1.29 is 9.18 Å². The maximum absolute atomic E-state index is 13.7. The van der Waals surface area contributed by atoms with E-state index < -0.39 is 0 Å². The van der Waals surface area contributed by atoms with Gasteiger partial charge in [-0.05, 0) is 56.1 Å². The van der Waals surface area contributed by atoms with Crippen molar-refractivity contribution in [2.75, 3.05) is 10.6 Å². The lowest BCUT2D eigenvalue weighted by molar-refractivity contribution is -0.114. The normalized spacial score (nSPS) is 10.4. The number of amides is 1. The van der Waals surface area contributed by atoms with Crippen LogP contribution in [0.25, 0.3) is 0 Å². The molecule has 0 saturated heterocycles. The molecule has 1 aromatic carbocycles. The minimum absolute atomic E-state index is 0.186. The highest BCUT2D eigenvalue weighted by Crippen LogP contribution is 2.33. The Kier molecular flexibility index (Phi) is 5.17. The summed E-state index contributed by atoms with van der Waals surface area (Å²) >= 11 is 8.40. The zero-order chi connectivity index (χ0) is 14.7. The zero-order valence-electron chi connectivity index (χ0n) is 10.5. The number of carbonyl (C=O) groups excluding carboxylic acids is 1. The van der Waals surface area contributed by atoms with E-state index in [0.29, 0.717) is 17.9 Å². The van der Waals surface area contributed by atoms with Crippen LogP contribution in [0.4, 0.5) is 15.8 Å². The molecule has 7 heteroatoms. The van der Waals surface area contributed by atoms with Gasteiger partial charge in [0.05, 0.1) is 9.47 Å². The quantitative estimate of drug-likeness (QED) is 0.730. The first kappa shape index (κ1) is 15.5. The van der Waals surface area contributed by atoms with Crippen LogP contribution in [0.15, 0.2) is 32.5 Å². The summed E-state index contributed by atoms with van der Waals surface area (Å²) in [5.74, 6) is -0.539. The van der Waals surface area contributed by atoms with Gasteiger partial charge in [0.2, 0.25) is 5.91 Å². The van der Waals surface area contributed by atoms with Gasteiger partial charge in [0.25, 0.3) is 0 Å². The molecule has 1 aromatic heterocycles. The van der Waals surface area contributed by atoms with Crippen molar-refractivity contribution in [3.63, 3.8) is 0 Å². The highest BCUT2D eigenvalue weighted by Gasteiger charge is 2.07. The molecule has 0 saturated carbocycles. The smallest absolute Gasteiger partial charge is 0.221 e. The number of carbonyl (C=O) groups is 1. The van der Waals surface area contributed by atoms with Crippen molar-refractivity contribution in [2.24, 2.45) is 0 Å². The summed E-state index contributed by atoms with van der Waals surface area (Å²) in [6.07, 6.45) is 0. The molecule has 3 nitrogen and oxygen atoms in total. The van der Waals surface area contributed by atoms with Crippen LogP contribution in [0.3, 0.4) is 0 Å². The Balaban J connectivity index is 2.10. The second-order valence-electron chi connectivity index (χ2n) is 4.06. The number of nitrogens with one attached hydrogen (secondary N) is 2. The van der Waals surface area contributed by atoms with Crippen molar-refractivity contribution in [3.8, 4) is 0 Å². The molecule has 0 unspecified atom stereocenters. The third-order valence-corrected chi connectivity index (χ3v) is 5.69. The maximum Gasteiger partial charge on any atom is 0.221 e. The van der Waals surface area contributed by atoms with Crippen LogP contribution < -0.4 is 10.6 Å². The van der Waals surface area contributed by atoms with Gasteiger partial charge < -0.3 is 10.6 Å². The number of thiophene rings is 1. The van der Waals surface area contributed by atoms with Crippen LogP contribution in [0.2, 0.25) is 0 Å². The minimum atomic E-state index is -0.353. The molecule has 0 spiro atoms. The van der Waals surface area contributed by atoms with E-state index in [1.807, 2.05) is 6.07 Å². The summed E-state index contributed by atoms with van der Waals surface area (Å²) in [6, 6.07) is 6.40. The molecule has 20 heavy (non-hydrogen) atoms. The van der Waals surface area contributed by atoms with E-state index in [2.05, 4.69) is 42.5 Å². The minimum Gasteiger partial charge on any atom is -0.378 e. The molecule has 2 aromatic rings. The monoisotopic (exact) mass is 420 g/mol. The Bertz CT molecular complexity index is 626. The Morgan fingerprint density at radius 2 is 2.10 bits per heavy atom. The topological polar surface area (TPSA) is 41.1 Å². The van der Waals surface area contributed by atoms with Gasteiger partial charge in [-0.15, -0.1) is 11.3 Å². The average Bonchev–Trinajstić information content (AvgIpc) is 2.69. The first-order valence-corrected chi connectivity index (χ1v) is 8.10. The summed E-state index contributed by atoms with van der Waals surface area (Å²) in [7, 11) is 0. The van der Waals surface area contributed by atoms with Gasteiger partial charge in [-0.2, -0.15) is 0 Å². The standard InChI is InChI=1S/C13H11Br2FN2OS/c1-7(19)18-8-2-3-11(16)12(4-8)17-6-9-5-10(14)13(15)20-9/h2-5,17H,6H2,1H3,(H,18,19). The van der Waals surface area contributed by atoms with E-state index >= 15 is 0 Å². The number of anilines is 2. The van der Waals surface area contributed by atoms with Crippen molar-refractivity contribution in [1.82, 2.24) is 0 Å². The molecule has 0 aliphatic rings. The average molecular weight is 422 g/mol. The van der Waals surface area contributed by atoms with Crippen LogP contribution in [0.1, 0.15) is 11.8 Å². The van der Waals surface area contributed by atoms with Gasteiger partial charge in [0.15, 0.2) is 0 Å². The first-order valence-electron chi connectivity index (χ1n) is 5.70. The van der Waals surface area contributed by atoms with Crippen molar-refractivity contribution in [1.29, 1.82) is 0 Å². The number of hydrogen-bond acceptors (Lipinski definition) is 3. The molecule has 0 aliphatic heterocycles. The van der Waals surface area contributed by atoms with Crippen molar-refractivity contribution in [3.05, 3.63) is 43.2 Å². The van der Waals surface area contributed by atoms with Gasteiger partial charge in [-0.25, -0.2) is 4.39 Å². The van der Waals surface area contributed by atoms with Crippen LogP contribution in [0, 0.1) is 5.82 Å². The molecule has 106 valence electrons. The second kappa shape index (κ2) is 6.69. The number of hydrogen-bond donors (Lipinski definition) is 2. The third kappa shape index (κ3) is 4.04. The van der Waals surface area contributed by atoms with E-state index in [1.165, 1.54) is 19.1 Å². The van der Waals surface area contributed by atoms with Gasteiger partial charge in [0.1, 0.15) is 5.82 Å². The fourth-order valence-electron chi connectivity index (χ4n) is 1.60. The summed E-state index contributed by atoms with van der Waals surface area (Å²) in [5.41, 5.74) is 0.923. The van der Waals surface area contributed by atoms with E-state index in [1.54, 1.807) is 17.4 Å². The lowest BCUT2D eigenvalue weighted by Crippen LogP contribution is -2.07. The molecule has 1 amide bonds. The predicted molar refractivity (Wildman–Crippen MR) is 87.7 cm³/mol. The summed E-state index contributed by atoms with van der Waals surface area (Å²) < 4.78 is 15.7. The summed E-state index contributed by atoms with van der Waals surface area (Å²) in [4.78, 5) is 12.1. The highest BCUT2D eigenvalue weighted by atomic mass is 79.9. The maximum atomic E-state index is 13.7. The first-order chi connectivity index (χ1) is 9.45. The molecule has 0 radical (unpaired) electrons. The van der Waals surface area contributed by atoms with Crippen LogP contribution in [-0.4, -0.2) is 5.91 Å². The highest BCUT2D eigenvalue weighted by molar-refractivity contribution is 9.13. The Hall–Kier alpha value is -0.920. The molecule has 1 heterocycles. The van der Waals surface area contributed by atoms with Gasteiger partial charge in [-0.3, -0.25) is 4.79 Å². The lowest BCUT2D eigenvalue weighted by Gasteiger charge is -2.09. The number of benzene rings is 1. The van der Waals surface area contributed by atoms with Crippen LogP contribution in [0.5, 0.6) is 0 Å². The molecular weight excluding hydrogens is 411 g/mol. The SMILES string of the molecule is CC(=O)Nc1ccc(F)c(NCc2cc(Br)c(Br)s2)c1. The van der Waals surface area contributed by atoms with E-state index in [4.69, 9.17) is 0 Å². The number of halogens is 3. The fourth-order valence-corrected chi connectivity index (χ4v) is 3.72. The second-order valence-corrected chi connectivity index (χ2v) is 7.37. The van der Waals surface area contributed by atoms with Crippen molar-refractivity contribution >= 4 is 60.5 Å². The Morgan fingerprint density at radius 3 is 2.70 bits per heavy atom. The largest absolute Gasteiger partial charge is 0.378 e. The summed E-state index contributed by atoms with van der Waals surface area (Å²) in [5, 5.41) is 5.65. The van der Waals surface area contributed by atoms with Crippen LogP contribution in [-0.2, 0) is 11.3 Å². The van der Waals surface area contributed by atoms with Gasteiger partial charge in [-0.1, -0.05) is 0 Å². The molecular formula is C13H11Br2FN2OS. The molecule has 0 atom stereocenters. The molecule has 2 rings (SSSR count). The van der Waals surface area contributed by atoms with Crippen LogP contribution >= 0.6 is 43.2 Å². The van der Waals surface area contributed by atoms with Gasteiger partial charge >= 0.3 is 0 Å². The molecule has 0 fully saturated rings. The van der Waals surface area contributed by atoms with Crippen molar-refractivity contribution in [2.45, 2.75) is 13.5 Å². The van der Waals surface area contributed by atoms with E-state index in [0.717, 1.165) is 13.1 Å². The Morgan fingerprint density at radius 1 is 1.35 bits per heavy atom. The van der Waals surface area contributed by atoms with Gasteiger partial charge in [0, 0.05) is 28.5 Å². The lowest BCUT2D eigenvalue weighted by atomic mass is 10.2. The third-order valence-electron chi connectivity index (χ3n) is 2.44. The molecule has 2 N–H and O–H groups in total. The fraction of sp³-hybridized carbons (Fsp3) is 0.154. The molecule has 0 bridgehead atoms. The van der Waals surface area contributed by atoms with E-state index in [-0.39, 0.29) is 11.7 Å². The molecule has 0 aliphatic carbocycles. The number of rotatable bonds is 4.